The van der Waals surface area contributed by atoms with E-state index in [-0.39, 0.29) is 5.91 Å². The molecule has 1 N–H and O–H groups in total. The van der Waals surface area contributed by atoms with Gasteiger partial charge in [0.1, 0.15) is 5.82 Å². The van der Waals surface area contributed by atoms with E-state index in [4.69, 9.17) is 11.6 Å². The topological polar surface area (TPSA) is 45.2 Å². The fraction of sp³-hybridized carbons (Fsp3) is 0.294. The van der Waals surface area contributed by atoms with Gasteiger partial charge in [0.25, 0.3) is 5.91 Å². The first-order chi connectivity index (χ1) is 10.7. The molecule has 2 aromatic rings. The van der Waals surface area contributed by atoms with Crippen molar-refractivity contribution >= 4 is 23.3 Å². The number of hydrogen-bond donors (Lipinski definition) is 1. The molecule has 0 spiro atoms. The SMILES string of the molecule is O=C(c1ccc(NCc2ccccc2Cl)nc1)N1CCCC1. The van der Waals surface area contributed by atoms with Crippen LogP contribution in [0.15, 0.2) is 42.6 Å². The van der Waals surface area contributed by atoms with Gasteiger partial charge in [0, 0.05) is 30.9 Å². The summed E-state index contributed by atoms with van der Waals surface area (Å²) in [6.07, 6.45) is 3.82. The number of pyridine rings is 1. The molecular formula is C17H18ClN3O. The van der Waals surface area contributed by atoms with Gasteiger partial charge in [0.2, 0.25) is 0 Å². The highest BCUT2D eigenvalue weighted by Gasteiger charge is 2.19. The van der Waals surface area contributed by atoms with E-state index < -0.39 is 0 Å². The third-order valence-corrected chi connectivity index (χ3v) is 4.19. The molecule has 114 valence electrons. The zero-order chi connectivity index (χ0) is 15.4. The van der Waals surface area contributed by atoms with Crippen LogP contribution in [0.2, 0.25) is 5.02 Å². The maximum atomic E-state index is 12.2. The molecular weight excluding hydrogens is 298 g/mol. The standard InChI is InChI=1S/C17H18ClN3O/c18-15-6-2-1-5-13(15)11-19-16-8-7-14(12-20-16)17(22)21-9-3-4-10-21/h1-2,5-8,12H,3-4,9-11H2,(H,19,20). The zero-order valence-electron chi connectivity index (χ0n) is 12.3. The molecule has 2 heterocycles. The predicted molar refractivity (Wildman–Crippen MR) is 88.2 cm³/mol. The minimum absolute atomic E-state index is 0.0719. The van der Waals surface area contributed by atoms with E-state index in [2.05, 4.69) is 10.3 Å². The number of aromatic nitrogens is 1. The number of hydrogen-bond acceptors (Lipinski definition) is 3. The highest BCUT2D eigenvalue weighted by Crippen LogP contribution is 2.17. The first-order valence-electron chi connectivity index (χ1n) is 7.46. The zero-order valence-corrected chi connectivity index (χ0v) is 13.0. The fourth-order valence-corrected chi connectivity index (χ4v) is 2.76. The molecule has 1 saturated heterocycles. The summed E-state index contributed by atoms with van der Waals surface area (Å²) in [5.74, 6) is 0.806. The molecule has 1 aliphatic heterocycles. The number of nitrogens with one attached hydrogen (secondary N) is 1. The number of amides is 1. The van der Waals surface area contributed by atoms with Crippen LogP contribution in [-0.2, 0) is 6.54 Å². The van der Waals surface area contributed by atoms with E-state index in [0.717, 1.165) is 42.3 Å². The summed E-state index contributed by atoms with van der Waals surface area (Å²) in [6, 6.07) is 11.4. The Morgan fingerprint density at radius 1 is 1.18 bits per heavy atom. The average molecular weight is 316 g/mol. The van der Waals surface area contributed by atoms with Gasteiger partial charge in [-0.25, -0.2) is 4.98 Å². The Morgan fingerprint density at radius 3 is 2.64 bits per heavy atom. The number of halogens is 1. The van der Waals surface area contributed by atoms with Gasteiger partial charge >= 0.3 is 0 Å². The van der Waals surface area contributed by atoms with Crippen LogP contribution in [0.1, 0.15) is 28.8 Å². The van der Waals surface area contributed by atoms with Crippen molar-refractivity contribution in [3.8, 4) is 0 Å². The molecule has 0 bridgehead atoms. The van der Waals surface area contributed by atoms with Crippen LogP contribution in [0.5, 0.6) is 0 Å². The van der Waals surface area contributed by atoms with E-state index >= 15 is 0 Å². The second-order valence-corrected chi connectivity index (χ2v) is 5.78. The van der Waals surface area contributed by atoms with Crippen LogP contribution in [0.25, 0.3) is 0 Å². The van der Waals surface area contributed by atoms with Crippen LogP contribution < -0.4 is 5.32 Å². The van der Waals surface area contributed by atoms with E-state index in [9.17, 15) is 4.79 Å². The minimum Gasteiger partial charge on any atom is -0.366 e. The summed E-state index contributed by atoms with van der Waals surface area (Å²) in [6.45, 7) is 2.31. The van der Waals surface area contributed by atoms with Crippen molar-refractivity contribution in [3.63, 3.8) is 0 Å². The third kappa shape index (κ3) is 3.39. The highest BCUT2D eigenvalue weighted by atomic mass is 35.5. The van der Waals surface area contributed by atoms with E-state index in [1.54, 1.807) is 6.20 Å². The molecule has 0 atom stereocenters. The maximum absolute atomic E-state index is 12.2. The lowest BCUT2D eigenvalue weighted by Crippen LogP contribution is -2.27. The van der Waals surface area contributed by atoms with Crippen molar-refractivity contribution in [2.45, 2.75) is 19.4 Å². The molecule has 1 aromatic carbocycles. The number of anilines is 1. The van der Waals surface area contributed by atoms with Crippen LogP contribution >= 0.6 is 11.6 Å². The van der Waals surface area contributed by atoms with Crippen LogP contribution in [-0.4, -0.2) is 28.9 Å². The van der Waals surface area contributed by atoms with Gasteiger partial charge in [0.15, 0.2) is 0 Å². The summed E-state index contributed by atoms with van der Waals surface area (Å²) in [7, 11) is 0. The van der Waals surface area contributed by atoms with Crippen LogP contribution in [0, 0.1) is 0 Å². The molecule has 5 heteroatoms. The summed E-state index contributed by atoms with van der Waals surface area (Å²) >= 11 is 6.12. The largest absolute Gasteiger partial charge is 0.366 e. The summed E-state index contributed by atoms with van der Waals surface area (Å²) in [4.78, 5) is 18.4. The van der Waals surface area contributed by atoms with E-state index in [1.807, 2.05) is 41.3 Å². The molecule has 0 radical (unpaired) electrons. The second-order valence-electron chi connectivity index (χ2n) is 5.38. The van der Waals surface area contributed by atoms with Crippen molar-refractivity contribution in [1.29, 1.82) is 0 Å². The Morgan fingerprint density at radius 2 is 1.95 bits per heavy atom. The smallest absolute Gasteiger partial charge is 0.255 e. The Bertz CT molecular complexity index is 651. The first kappa shape index (κ1) is 14.9. The first-order valence-corrected chi connectivity index (χ1v) is 7.84. The van der Waals surface area contributed by atoms with Crippen molar-refractivity contribution in [2.24, 2.45) is 0 Å². The lowest BCUT2D eigenvalue weighted by molar-refractivity contribution is 0.0792. The van der Waals surface area contributed by atoms with Crippen molar-refractivity contribution < 1.29 is 4.79 Å². The van der Waals surface area contributed by atoms with Gasteiger partial charge in [0.05, 0.1) is 5.56 Å². The highest BCUT2D eigenvalue weighted by molar-refractivity contribution is 6.31. The van der Waals surface area contributed by atoms with Crippen molar-refractivity contribution in [1.82, 2.24) is 9.88 Å². The molecule has 1 aromatic heterocycles. The number of carbonyl (C=O) groups is 1. The van der Waals surface area contributed by atoms with E-state index in [0.29, 0.717) is 12.1 Å². The Kier molecular flexibility index (Phi) is 4.59. The van der Waals surface area contributed by atoms with Gasteiger partial charge in [-0.15, -0.1) is 0 Å². The Hall–Kier alpha value is -2.07. The average Bonchev–Trinajstić information content (AvgIpc) is 3.08. The van der Waals surface area contributed by atoms with Crippen molar-refractivity contribution in [2.75, 3.05) is 18.4 Å². The maximum Gasteiger partial charge on any atom is 0.255 e. The second kappa shape index (κ2) is 6.79. The van der Waals surface area contributed by atoms with Gasteiger partial charge < -0.3 is 10.2 Å². The fourth-order valence-electron chi connectivity index (χ4n) is 2.56. The molecule has 1 fully saturated rings. The summed E-state index contributed by atoms with van der Waals surface area (Å²) in [5, 5.41) is 3.95. The van der Waals surface area contributed by atoms with Gasteiger partial charge in [-0.2, -0.15) is 0 Å². The number of likely N-dealkylation sites (tertiary alicyclic amines) is 1. The van der Waals surface area contributed by atoms with Gasteiger partial charge in [-0.3, -0.25) is 4.79 Å². The molecule has 0 unspecified atom stereocenters. The van der Waals surface area contributed by atoms with Crippen LogP contribution in [0.3, 0.4) is 0 Å². The van der Waals surface area contributed by atoms with Crippen molar-refractivity contribution in [3.05, 3.63) is 58.7 Å². The lowest BCUT2D eigenvalue weighted by Gasteiger charge is -2.15. The molecule has 3 rings (SSSR count). The minimum atomic E-state index is 0.0719. The van der Waals surface area contributed by atoms with Gasteiger partial charge in [-0.05, 0) is 36.6 Å². The number of carbonyl (C=O) groups excluding carboxylic acids is 1. The molecule has 1 amide bonds. The summed E-state index contributed by atoms with van der Waals surface area (Å²) < 4.78 is 0. The molecule has 22 heavy (non-hydrogen) atoms. The lowest BCUT2D eigenvalue weighted by atomic mass is 10.2. The normalized spacial score (nSPS) is 14.1. The molecule has 1 aliphatic rings. The van der Waals surface area contributed by atoms with Crippen LogP contribution in [0.4, 0.5) is 5.82 Å². The summed E-state index contributed by atoms with van der Waals surface area (Å²) in [5.41, 5.74) is 1.66. The number of nitrogens with zero attached hydrogens (tertiary/aromatic N) is 2. The number of rotatable bonds is 4. The predicted octanol–water partition coefficient (Wildman–Crippen LogP) is 3.58. The van der Waals surface area contributed by atoms with Gasteiger partial charge in [-0.1, -0.05) is 29.8 Å². The Labute approximate surface area is 135 Å². The van der Waals surface area contributed by atoms with E-state index in [1.165, 1.54) is 0 Å². The molecule has 0 aliphatic carbocycles. The quantitative estimate of drug-likeness (QED) is 0.938. The number of benzene rings is 1. The monoisotopic (exact) mass is 315 g/mol. The molecule has 4 nitrogen and oxygen atoms in total. The Balaban J connectivity index is 1.62. The third-order valence-electron chi connectivity index (χ3n) is 3.82. The molecule has 0 saturated carbocycles.